The highest BCUT2D eigenvalue weighted by Gasteiger charge is 2.29. The summed E-state index contributed by atoms with van der Waals surface area (Å²) in [6, 6.07) is 12.4. The number of aryl methyl sites for hydroxylation is 1. The normalized spacial score (nSPS) is 11.8. The zero-order chi connectivity index (χ0) is 23.7. The molecule has 0 unspecified atom stereocenters. The first kappa shape index (κ1) is 26.0. The minimum absolute atomic E-state index is 0.0180. The topological polar surface area (TPSA) is 58.6 Å². The Morgan fingerprint density at radius 2 is 1.78 bits per heavy atom. The molecule has 0 spiro atoms. The molecule has 0 fully saturated rings. The Hall–Kier alpha value is -2.24. The van der Waals surface area contributed by atoms with E-state index in [9.17, 15) is 9.59 Å². The van der Waals surface area contributed by atoms with Gasteiger partial charge < -0.3 is 15.0 Å². The maximum atomic E-state index is 13.2. The largest absolute Gasteiger partial charge is 0.494 e. The number of nitrogens with one attached hydrogen (secondary N) is 1. The SMILES string of the molecule is CC[C@@H](C(=O)NC(C)C)N(Cc1ccc(Cl)cc1Cl)C(=O)CCCOc1ccc(C)cc1. The molecular weight excluding hydrogens is 447 g/mol. The van der Waals surface area contributed by atoms with Crippen molar-refractivity contribution in [3.8, 4) is 5.75 Å². The minimum atomic E-state index is -0.588. The van der Waals surface area contributed by atoms with Crippen LogP contribution in [0.25, 0.3) is 0 Å². The number of rotatable bonds is 11. The number of halogens is 2. The number of nitrogens with zero attached hydrogens (tertiary/aromatic N) is 1. The molecule has 2 amide bonds. The van der Waals surface area contributed by atoms with E-state index in [0.29, 0.717) is 29.5 Å². The van der Waals surface area contributed by atoms with Crippen molar-refractivity contribution in [2.45, 2.75) is 65.6 Å². The molecule has 0 aromatic heterocycles. The van der Waals surface area contributed by atoms with Crippen LogP contribution in [0.5, 0.6) is 5.75 Å². The molecule has 0 radical (unpaired) electrons. The summed E-state index contributed by atoms with van der Waals surface area (Å²) in [5, 5.41) is 3.91. The fraction of sp³-hybridized carbons (Fsp3) is 0.440. The average Bonchev–Trinajstić information content (AvgIpc) is 2.73. The predicted octanol–water partition coefficient (Wildman–Crippen LogP) is 5.79. The lowest BCUT2D eigenvalue weighted by Gasteiger charge is -2.31. The van der Waals surface area contributed by atoms with Gasteiger partial charge in [-0.3, -0.25) is 9.59 Å². The quantitative estimate of drug-likeness (QED) is 0.415. The van der Waals surface area contributed by atoms with Gasteiger partial charge in [-0.2, -0.15) is 0 Å². The van der Waals surface area contributed by atoms with Gasteiger partial charge in [0, 0.05) is 29.1 Å². The van der Waals surface area contributed by atoms with Gasteiger partial charge in [0.2, 0.25) is 11.8 Å². The van der Waals surface area contributed by atoms with Gasteiger partial charge in [0.05, 0.1) is 6.61 Å². The molecule has 1 N–H and O–H groups in total. The summed E-state index contributed by atoms with van der Waals surface area (Å²) >= 11 is 12.4. The second-order valence-electron chi connectivity index (χ2n) is 8.11. The summed E-state index contributed by atoms with van der Waals surface area (Å²) in [7, 11) is 0. The minimum Gasteiger partial charge on any atom is -0.494 e. The lowest BCUT2D eigenvalue weighted by Crippen LogP contribution is -2.50. The maximum Gasteiger partial charge on any atom is 0.243 e. The number of carbonyl (C=O) groups is 2. The number of carbonyl (C=O) groups excluding carboxylic acids is 2. The van der Waals surface area contributed by atoms with Crippen molar-refractivity contribution in [1.29, 1.82) is 0 Å². The van der Waals surface area contributed by atoms with Gasteiger partial charge in [-0.25, -0.2) is 0 Å². The summed E-state index contributed by atoms with van der Waals surface area (Å²) in [5.41, 5.74) is 1.91. The van der Waals surface area contributed by atoms with Crippen LogP contribution in [0.3, 0.4) is 0 Å². The smallest absolute Gasteiger partial charge is 0.243 e. The van der Waals surface area contributed by atoms with Crippen LogP contribution < -0.4 is 10.1 Å². The first-order valence-corrected chi connectivity index (χ1v) is 11.7. The van der Waals surface area contributed by atoms with E-state index >= 15 is 0 Å². The third-order valence-electron chi connectivity index (χ3n) is 5.00. The fourth-order valence-corrected chi connectivity index (χ4v) is 3.79. The molecule has 2 aromatic rings. The van der Waals surface area contributed by atoms with Crippen molar-refractivity contribution in [3.63, 3.8) is 0 Å². The average molecular weight is 479 g/mol. The van der Waals surface area contributed by atoms with Crippen LogP contribution in [0.2, 0.25) is 10.0 Å². The zero-order valence-electron chi connectivity index (χ0n) is 19.2. The number of hydrogen-bond donors (Lipinski definition) is 1. The molecule has 2 aromatic carbocycles. The molecule has 2 rings (SSSR count). The van der Waals surface area contributed by atoms with Crippen LogP contribution in [0.1, 0.15) is 51.2 Å². The monoisotopic (exact) mass is 478 g/mol. The second kappa shape index (κ2) is 12.7. The molecular formula is C25H32Cl2N2O3. The zero-order valence-corrected chi connectivity index (χ0v) is 20.7. The molecule has 0 aliphatic carbocycles. The maximum absolute atomic E-state index is 13.2. The standard InChI is InChI=1S/C25H32Cl2N2O3/c1-5-23(25(31)28-17(2)3)29(16-19-10-11-20(26)15-22(19)27)24(30)7-6-14-32-21-12-8-18(4)9-13-21/h8-13,15,17,23H,5-7,14,16H2,1-4H3,(H,28,31)/t23-/m0/s1. The van der Waals surface area contributed by atoms with E-state index in [4.69, 9.17) is 27.9 Å². The first-order chi connectivity index (χ1) is 15.2. The number of hydrogen-bond acceptors (Lipinski definition) is 3. The molecule has 174 valence electrons. The highest BCUT2D eigenvalue weighted by atomic mass is 35.5. The summed E-state index contributed by atoms with van der Waals surface area (Å²) in [6.07, 6.45) is 1.30. The van der Waals surface area contributed by atoms with Crippen LogP contribution in [0.15, 0.2) is 42.5 Å². The van der Waals surface area contributed by atoms with Crippen LogP contribution in [0.4, 0.5) is 0 Å². The molecule has 0 saturated heterocycles. The molecule has 0 aliphatic heterocycles. The summed E-state index contributed by atoms with van der Waals surface area (Å²) < 4.78 is 5.74. The Bertz CT molecular complexity index is 901. The van der Waals surface area contributed by atoms with Gasteiger partial charge in [0.25, 0.3) is 0 Å². The van der Waals surface area contributed by atoms with Gasteiger partial charge in [-0.05, 0) is 63.4 Å². The Balaban J connectivity index is 2.09. The molecule has 0 saturated carbocycles. The summed E-state index contributed by atoms with van der Waals surface area (Å²) in [5.74, 6) is 0.488. The highest BCUT2D eigenvalue weighted by molar-refractivity contribution is 6.35. The third-order valence-corrected chi connectivity index (χ3v) is 5.58. The van der Waals surface area contributed by atoms with E-state index < -0.39 is 6.04 Å². The van der Waals surface area contributed by atoms with Crippen molar-refractivity contribution >= 4 is 35.0 Å². The van der Waals surface area contributed by atoms with E-state index in [-0.39, 0.29) is 30.8 Å². The highest BCUT2D eigenvalue weighted by Crippen LogP contribution is 2.24. The molecule has 5 nitrogen and oxygen atoms in total. The Labute approximate surface area is 201 Å². The first-order valence-electron chi connectivity index (χ1n) is 10.9. The number of ether oxygens (including phenoxy) is 1. The van der Waals surface area contributed by atoms with Crippen molar-refractivity contribution < 1.29 is 14.3 Å². The molecule has 0 heterocycles. The van der Waals surface area contributed by atoms with Crippen molar-refractivity contribution in [2.24, 2.45) is 0 Å². The van der Waals surface area contributed by atoms with Crippen LogP contribution in [-0.2, 0) is 16.1 Å². The Morgan fingerprint density at radius 1 is 1.09 bits per heavy atom. The third kappa shape index (κ3) is 8.03. The summed E-state index contributed by atoms with van der Waals surface area (Å²) in [6.45, 7) is 8.36. The molecule has 0 bridgehead atoms. The molecule has 32 heavy (non-hydrogen) atoms. The van der Waals surface area contributed by atoms with E-state index in [1.54, 1.807) is 23.1 Å². The van der Waals surface area contributed by atoms with Gasteiger partial charge in [-0.15, -0.1) is 0 Å². The van der Waals surface area contributed by atoms with Crippen LogP contribution in [-0.4, -0.2) is 35.4 Å². The van der Waals surface area contributed by atoms with Gasteiger partial charge >= 0.3 is 0 Å². The van der Waals surface area contributed by atoms with Gasteiger partial charge in [-0.1, -0.05) is 53.9 Å². The van der Waals surface area contributed by atoms with Gasteiger partial charge in [0.1, 0.15) is 11.8 Å². The van der Waals surface area contributed by atoms with E-state index in [2.05, 4.69) is 5.32 Å². The second-order valence-corrected chi connectivity index (χ2v) is 8.95. The molecule has 1 atom stereocenters. The van der Waals surface area contributed by atoms with Gasteiger partial charge in [0.15, 0.2) is 0 Å². The number of amides is 2. The van der Waals surface area contributed by atoms with E-state index in [1.165, 1.54) is 0 Å². The molecule has 0 aliphatic rings. The predicted molar refractivity (Wildman–Crippen MR) is 130 cm³/mol. The Morgan fingerprint density at radius 3 is 2.38 bits per heavy atom. The molecule has 7 heteroatoms. The van der Waals surface area contributed by atoms with E-state index in [1.807, 2.05) is 52.0 Å². The van der Waals surface area contributed by atoms with Crippen LogP contribution >= 0.6 is 23.2 Å². The van der Waals surface area contributed by atoms with Crippen molar-refractivity contribution in [1.82, 2.24) is 10.2 Å². The van der Waals surface area contributed by atoms with Crippen molar-refractivity contribution in [2.75, 3.05) is 6.61 Å². The summed E-state index contributed by atoms with van der Waals surface area (Å²) in [4.78, 5) is 27.6. The lowest BCUT2D eigenvalue weighted by atomic mass is 10.1. The van der Waals surface area contributed by atoms with E-state index in [0.717, 1.165) is 16.9 Å². The number of benzene rings is 2. The Kier molecular flexibility index (Phi) is 10.3. The fourth-order valence-electron chi connectivity index (χ4n) is 3.33. The van der Waals surface area contributed by atoms with Crippen LogP contribution in [0, 0.1) is 6.92 Å². The van der Waals surface area contributed by atoms with Crippen molar-refractivity contribution in [3.05, 3.63) is 63.6 Å². The lowest BCUT2D eigenvalue weighted by molar-refractivity contribution is -0.141.